The van der Waals surface area contributed by atoms with Crippen LogP contribution in [0.15, 0.2) is 53.3 Å². The zero-order chi connectivity index (χ0) is 19.9. The van der Waals surface area contributed by atoms with Crippen LogP contribution in [0, 0.1) is 5.82 Å². The molecule has 1 heterocycles. The number of halogens is 1. The molecule has 3 aromatic rings. The fraction of sp³-hybridized carbons (Fsp3) is 0.391. The Morgan fingerprint density at radius 3 is 2.50 bits per heavy atom. The van der Waals surface area contributed by atoms with Gasteiger partial charge in [-0.25, -0.2) is 9.37 Å². The molecule has 4 nitrogen and oxygen atoms in total. The fourth-order valence-corrected chi connectivity index (χ4v) is 3.47. The average molecular weight is 381 g/mol. The topological polar surface area (TPSA) is 46.9 Å². The second-order valence-corrected chi connectivity index (χ2v) is 7.08. The van der Waals surface area contributed by atoms with Crippen molar-refractivity contribution in [3.63, 3.8) is 0 Å². The second kappa shape index (κ2) is 9.60. The first kappa shape index (κ1) is 20.2. The van der Waals surface area contributed by atoms with Crippen LogP contribution in [0.25, 0.3) is 16.6 Å². The number of para-hydroxylation sites is 1. The van der Waals surface area contributed by atoms with Gasteiger partial charge in [0.15, 0.2) is 0 Å². The van der Waals surface area contributed by atoms with Crippen molar-refractivity contribution in [1.29, 1.82) is 0 Å². The van der Waals surface area contributed by atoms with Crippen LogP contribution in [0.3, 0.4) is 0 Å². The largest absolute Gasteiger partial charge is 0.307 e. The average Bonchev–Trinajstić information content (AvgIpc) is 2.72. The third-order valence-electron chi connectivity index (χ3n) is 5.03. The molecule has 0 radical (unpaired) electrons. The highest BCUT2D eigenvalue weighted by Crippen LogP contribution is 2.20. The standard InChI is InChI=1S/C23H28FN3O/c1-3-5-6-9-16-25-20(4-2)22-26-21-11-8-7-10-19(21)23(28)27(22)18-14-12-17(24)13-15-18/h7-8,10-15,20,25H,3-6,9,16H2,1-2H3/t20-/m0/s1. The van der Waals surface area contributed by atoms with Gasteiger partial charge >= 0.3 is 0 Å². The summed E-state index contributed by atoms with van der Waals surface area (Å²) in [6, 6.07) is 13.3. The first-order valence-electron chi connectivity index (χ1n) is 10.2. The van der Waals surface area contributed by atoms with Gasteiger partial charge in [0.2, 0.25) is 0 Å². The summed E-state index contributed by atoms with van der Waals surface area (Å²) in [5.41, 5.74) is 1.19. The SMILES string of the molecule is CCCCCCN[C@@H](CC)c1nc2ccccc2c(=O)n1-c1ccc(F)cc1. The molecule has 3 rings (SSSR count). The molecule has 0 bridgehead atoms. The molecular formula is C23H28FN3O. The van der Waals surface area contributed by atoms with Crippen molar-refractivity contribution in [3.05, 3.63) is 70.5 Å². The molecular weight excluding hydrogens is 353 g/mol. The maximum absolute atomic E-state index is 13.4. The number of unbranched alkanes of at least 4 members (excludes halogenated alkanes) is 3. The smallest absolute Gasteiger partial charge is 0.266 e. The molecule has 1 N–H and O–H groups in total. The van der Waals surface area contributed by atoms with E-state index in [1.807, 2.05) is 18.2 Å². The molecule has 1 atom stereocenters. The quantitative estimate of drug-likeness (QED) is 0.522. The van der Waals surface area contributed by atoms with Gasteiger partial charge in [0, 0.05) is 0 Å². The Labute approximate surface area is 165 Å². The maximum atomic E-state index is 13.4. The summed E-state index contributed by atoms with van der Waals surface area (Å²) in [5, 5.41) is 4.13. The Bertz CT molecular complexity index is 966. The van der Waals surface area contributed by atoms with E-state index in [0.29, 0.717) is 22.4 Å². The van der Waals surface area contributed by atoms with Gasteiger partial charge in [-0.05, 0) is 55.8 Å². The van der Waals surface area contributed by atoms with Crippen LogP contribution in [0.5, 0.6) is 0 Å². The van der Waals surface area contributed by atoms with Crippen LogP contribution in [0.4, 0.5) is 4.39 Å². The molecule has 0 saturated heterocycles. The monoisotopic (exact) mass is 381 g/mol. The number of fused-ring (bicyclic) bond motifs is 1. The van der Waals surface area contributed by atoms with Crippen LogP contribution in [-0.4, -0.2) is 16.1 Å². The molecule has 28 heavy (non-hydrogen) atoms. The van der Waals surface area contributed by atoms with Crippen molar-refractivity contribution in [1.82, 2.24) is 14.9 Å². The number of hydrogen-bond acceptors (Lipinski definition) is 3. The van der Waals surface area contributed by atoms with Gasteiger partial charge in [0.25, 0.3) is 5.56 Å². The van der Waals surface area contributed by atoms with Gasteiger partial charge in [-0.15, -0.1) is 0 Å². The Hall–Kier alpha value is -2.53. The number of aromatic nitrogens is 2. The van der Waals surface area contributed by atoms with E-state index in [4.69, 9.17) is 4.98 Å². The predicted molar refractivity (Wildman–Crippen MR) is 112 cm³/mol. The summed E-state index contributed by atoms with van der Waals surface area (Å²) in [5.74, 6) is 0.349. The van der Waals surface area contributed by atoms with Crippen LogP contribution in [0.2, 0.25) is 0 Å². The summed E-state index contributed by atoms with van der Waals surface area (Å²) in [4.78, 5) is 18.1. The Kier molecular flexibility index (Phi) is 6.93. The minimum absolute atomic E-state index is 0.0519. The van der Waals surface area contributed by atoms with E-state index in [1.54, 1.807) is 22.8 Å². The number of nitrogens with one attached hydrogen (secondary N) is 1. The van der Waals surface area contributed by atoms with Crippen molar-refractivity contribution in [3.8, 4) is 5.69 Å². The minimum atomic E-state index is -0.326. The summed E-state index contributed by atoms with van der Waals surface area (Å²) in [7, 11) is 0. The lowest BCUT2D eigenvalue weighted by molar-refractivity contribution is 0.469. The van der Waals surface area contributed by atoms with Gasteiger partial charge in [-0.1, -0.05) is 45.2 Å². The highest BCUT2D eigenvalue weighted by Gasteiger charge is 2.19. The number of hydrogen-bond donors (Lipinski definition) is 1. The van der Waals surface area contributed by atoms with E-state index in [0.717, 1.165) is 19.4 Å². The van der Waals surface area contributed by atoms with Gasteiger partial charge in [-0.3, -0.25) is 9.36 Å². The van der Waals surface area contributed by atoms with E-state index >= 15 is 0 Å². The molecule has 0 amide bonds. The van der Waals surface area contributed by atoms with Crippen molar-refractivity contribution in [2.75, 3.05) is 6.54 Å². The molecule has 0 unspecified atom stereocenters. The summed E-state index contributed by atoms with van der Waals surface area (Å²) >= 11 is 0. The van der Waals surface area contributed by atoms with Gasteiger partial charge < -0.3 is 5.32 Å². The van der Waals surface area contributed by atoms with Crippen molar-refractivity contribution in [2.24, 2.45) is 0 Å². The second-order valence-electron chi connectivity index (χ2n) is 7.08. The van der Waals surface area contributed by atoms with Crippen LogP contribution < -0.4 is 10.9 Å². The zero-order valence-electron chi connectivity index (χ0n) is 16.6. The summed E-state index contributed by atoms with van der Waals surface area (Å²) in [6.45, 7) is 5.16. The van der Waals surface area contributed by atoms with Crippen LogP contribution in [-0.2, 0) is 0 Å². The van der Waals surface area contributed by atoms with Gasteiger partial charge in [-0.2, -0.15) is 0 Å². The van der Waals surface area contributed by atoms with Crippen molar-refractivity contribution < 1.29 is 4.39 Å². The Balaban J connectivity index is 2.04. The highest BCUT2D eigenvalue weighted by molar-refractivity contribution is 5.77. The summed E-state index contributed by atoms with van der Waals surface area (Å²) in [6.07, 6.45) is 5.52. The maximum Gasteiger partial charge on any atom is 0.266 e. The van der Waals surface area contributed by atoms with E-state index < -0.39 is 0 Å². The third kappa shape index (κ3) is 4.47. The fourth-order valence-electron chi connectivity index (χ4n) is 3.47. The van der Waals surface area contributed by atoms with Gasteiger partial charge in [0.05, 0.1) is 22.6 Å². The molecule has 2 aromatic carbocycles. The lowest BCUT2D eigenvalue weighted by Crippen LogP contribution is -2.31. The first-order valence-corrected chi connectivity index (χ1v) is 10.2. The molecule has 5 heteroatoms. The normalized spacial score (nSPS) is 12.4. The van der Waals surface area contributed by atoms with E-state index in [9.17, 15) is 9.18 Å². The van der Waals surface area contributed by atoms with Crippen molar-refractivity contribution in [2.45, 2.75) is 52.0 Å². The first-order chi connectivity index (χ1) is 13.7. The molecule has 0 saturated carbocycles. The Morgan fingerprint density at radius 2 is 1.79 bits per heavy atom. The van der Waals surface area contributed by atoms with Crippen LogP contribution >= 0.6 is 0 Å². The number of rotatable bonds is 9. The number of benzene rings is 2. The molecule has 0 fully saturated rings. The lowest BCUT2D eigenvalue weighted by atomic mass is 10.1. The Morgan fingerprint density at radius 1 is 1.04 bits per heavy atom. The molecule has 0 aliphatic rings. The molecule has 1 aromatic heterocycles. The van der Waals surface area contributed by atoms with E-state index in [-0.39, 0.29) is 17.4 Å². The predicted octanol–water partition coefficient (Wildman–Crippen LogP) is 5.15. The van der Waals surface area contributed by atoms with E-state index in [2.05, 4.69) is 19.2 Å². The minimum Gasteiger partial charge on any atom is -0.307 e. The number of nitrogens with zero attached hydrogens (tertiary/aromatic N) is 2. The summed E-state index contributed by atoms with van der Waals surface area (Å²) < 4.78 is 15.1. The van der Waals surface area contributed by atoms with Crippen molar-refractivity contribution >= 4 is 10.9 Å². The third-order valence-corrected chi connectivity index (χ3v) is 5.03. The van der Waals surface area contributed by atoms with Crippen LogP contribution in [0.1, 0.15) is 57.8 Å². The lowest BCUT2D eigenvalue weighted by Gasteiger charge is -2.22. The molecule has 0 aliphatic heterocycles. The van der Waals surface area contributed by atoms with Gasteiger partial charge in [0.1, 0.15) is 11.6 Å². The highest BCUT2D eigenvalue weighted by atomic mass is 19.1. The zero-order valence-corrected chi connectivity index (χ0v) is 16.6. The molecule has 0 spiro atoms. The van der Waals surface area contributed by atoms with E-state index in [1.165, 1.54) is 31.4 Å². The molecule has 148 valence electrons. The molecule has 0 aliphatic carbocycles.